The smallest absolute Gasteiger partial charge is 0.125 e. The van der Waals surface area contributed by atoms with Gasteiger partial charge in [0, 0.05) is 24.8 Å². The first-order chi connectivity index (χ1) is 7.49. The van der Waals surface area contributed by atoms with Crippen LogP contribution in [0.1, 0.15) is 20.3 Å². The number of hydrogen-bond acceptors (Lipinski definition) is 2. The maximum Gasteiger partial charge on any atom is 0.125 e. The summed E-state index contributed by atoms with van der Waals surface area (Å²) in [6, 6.07) is 6.87. The van der Waals surface area contributed by atoms with Crippen molar-refractivity contribution in [3.8, 4) is 0 Å². The summed E-state index contributed by atoms with van der Waals surface area (Å²) in [4.78, 5) is 2.17. The highest BCUT2D eigenvalue weighted by Crippen LogP contribution is 2.31. The minimum absolute atomic E-state index is 0.143. The van der Waals surface area contributed by atoms with Crippen molar-refractivity contribution in [1.29, 1.82) is 0 Å². The Labute approximate surface area is 96.2 Å². The lowest BCUT2D eigenvalue weighted by molar-refractivity contribution is 0.235. The van der Waals surface area contributed by atoms with Crippen LogP contribution in [-0.2, 0) is 0 Å². The van der Waals surface area contributed by atoms with Crippen molar-refractivity contribution in [2.24, 2.45) is 11.1 Å². The second-order valence-corrected chi connectivity index (χ2v) is 5.27. The van der Waals surface area contributed by atoms with Gasteiger partial charge in [0.1, 0.15) is 5.82 Å². The van der Waals surface area contributed by atoms with Crippen LogP contribution < -0.4 is 10.6 Å². The van der Waals surface area contributed by atoms with Gasteiger partial charge < -0.3 is 10.6 Å². The van der Waals surface area contributed by atoms with Gasteiger partial charge in [-0.25, -0.2) is 4.39 Å². The lowest BCUT2D eigenvalue weighted by Crippen LogP contribution is -2.52. The molecule has 1 aromatic rings. The number of rotatable bonds is 1. The summed E-state index contributed by atoms with van der Waals surface area (Å²) >= 11 is 0. The van der Waals surface area contributed by atoms with Gasteiger partial charge in [-0.2, -0.15) is 0 Å². The van der Waals surface area contributed by atoms with Gasteiger partial charge in [0.2, 0.25) is 0 Å². The Hall–Kier alpha value is -1.09. The van der Waals surface area contributed by atoms with Crippen LogP contribution in [0, 0.1) is 11.2 Å². The molecule has 1 heterocycles. The normalized spacial score (nSPS) is 24.5. The molecule has 0 radical (unpaired) electrons. The van der Waals surface area contributed by atoms with E-state index in [1.54, 1.807) is 12.1 Å². The predicted octanol–water partition coefficient (Wildman–Crippen LogP) is 2.39. The standard InChI is InChI=1S/C13H19FN2/c1-13(2)6-7-16(9-12(13)15)11-5-3-4-10(14)8-11/h3-5,8,12H,6-7,9,15H2,1-2H3. The molecule has 88 valence electrons. The van der Waals surface area contributed by atoms with E-state index in [9.17, 15) is 4.39 Å². The summed E-state index contributed by atoms with van der Waals surface area (Å²) in [5.74, 6) is -0.184. The Bertz CT molecular complexity index is 376. The van der Waals surface area contributed by atoms with Gasteiger partial charge >= 0.3 is 0 Å². The van der Waals surface area contributed by atoms with Crippen LogP contribution in [0.25, 0.3) is 0 Å². The van der Waals surface area contributed by atoms with Crippen LogP contribution in [-0.4, -0.2) is 19.1 Å². The molecule has 1 aliphatic rings. The highest BCUT2D eigenvalue weighted by atomic mass is 19.1. The summed E-state index contributed by atoms with van der Waals surface area (Å²) in [6.07, 6.45) is 1.05. The quantitative estimate of drug-likeness (QED) is 0.790. The Morgan fingerprint density at radius 2 is 2.19 bits per heavy atom. The van der Waals surface area contributed by atoms with Crippen LogP contribution in [0.2, 0.25) is 0 Å². The first-order valence-corrected chi connectivity index (χ1v) is 5.75. The van der Waals surface area contributed by atoms with Crippen molar-refractivity contribution in [2.45, 2.75) is 26.3 Å². The first kappa shape index (κ1) is 11.4. The van der Waals surface area contributed by atoms with E-state index >= 15 is 0 Å². The number of halogens is 1. The second kappa shape index (κ2) is 4.06. The van der Waals surface area contributed by atoms with E-state index in [1.807, 2.05) is 6.07 Å². The lowest BCUT2D eigenvalue weighted by Gasteiger charge is -2.43. The second-order valence-electron chi connectivity index (χ2n) is 5.27. The highest BCUT2D eigenvalue weighted by molar-refractivity contribution is 5.47. The summed E-state index contributed by atoms with van der Waals surface area (Å²) in [6.45, 7) is 6.14. The molecular formula is C13H19FN2. The number of hydrogen-bond donors (Lipinski definition) is 1. The van der Waals surface area contributed by atoms with Crippen LogP contribution in [0.15, 0.2) is 24.3 Å². The molecule has 0 saturated carbocycles. The fourth-order valence-corrected chi connectivity index (χ4v) is 2.09. The van der Waals surface area contributed by atoms with Gasteiger partial charge in [-0.05, 0) is 30.0 Å². The minimum Gasteiger partial charge on any atom is -0.370 e. The molecular weight excluding hydrogens is 203 g/mol. The van der Waals surface area contributed by atoms with Gasteiger partial charge in [-0.15, -0.1) is 0 Å². The Balaban J connectivity index is 2.14. The minimum atomic E-state index is -0.184. The third-order valence-electron chi connectivity index (χ3n) is 3.62. The highest BCUT2D eigenvalue weighted by Gasteiger charge is 2.32. The average Bonchev–Trinajstić information content (AvgIpc) is 2.22. The molecule has 3 heteroatoms. The van der Waals surface area contributed by atoms with Gasteiger partial charge in [-0.1, -0.05) is 19.9 Å². The zero-order valence-electron chi connectivity index (χ0n) is 9.91. The molecule has 2 rings (SSSR count). The number of anilines is 1. The zero-order valence-corrected chi connectivity index (χ0v) is 9.91. The Morgan fingerprint density at radius 3 is 2.81 bits per heavy atom. The molecule has 2 N–H and O–H groups in total. The number of nitrogens with two attached hydrogens (primary N) is 1. The average molecular weight is 222 g/mol. The van der Waals surface area contributed by atoms with Crippen molar-refractivity contribution >= 4 is 5.69 Å². The summed E-state index contributed by atoms with van der Waals surface area (Å²) in [5, 5.41) is 0. The molecule has 0 bridgehead atoms. The molecule has 1 unspecified atom stereocenters. The van der Waals surface area contributed by atoms with E-state index in [4.69, 9.17) is 5.73 Å². The van der Waals surface area contributed by atoms with E-state index < -0.39 is 0 Å². The molecule has 0 spiro atoms. The van der Waals surface area contributed by atoms with Gasteiger partial charge in [-0.3, -0.25) is 0 Å². The van der Waals surface area contributed by atoms with E-state index in [-0.39, 0.29) is 17.3 Å². The van der Waals surface area contributed by atoms with Gasteiger partial charge in [0.25, 0.3) is 0 Å². The molecule has 16 heavy (non-hydrogen) atoms. The molecule has 1 atom stereocenters. The first-order valence-electron chi connectivity index (χ1n) is 5.75. The van der Waals surface area contributed by atoms with Crippen molar-refractivity contribution in [3.63, 3.8) is 0 Å². The molecule has 0 aromatic heterocycles. The fourth-order valence-electron chi connectivity index (χ4n) is 2.09. The fraction of sp³-hybridized carbons (Fsp3) is 0.538. The lowest BCUT2D eigenvalue weighted by atomic mass is 9.78. The Morgan fingerprint density at radius 1 is 1.44 bits per heavy atom. The summed E-state index contributed by atoms with van der Waals surface area (Å²) in [7, 11) is 0. The molecule has 1 saturated heterocycles. The third kappa shape index (κ3) is 2.19. The summed E-state index contributed by atoms with van der Waals surface area (Å²) in [5.41, 5.74) is 7.26. The van der Waals surface area contributed by atoms with Crippen molar-refractivity contribution in [2.75, 3.05) is 18.0 Å². The van der Waals surface area contributed by atoms with Crippen molar-refractivity contribution < 1.29 is 4.39 Å². The molecule has 2 nitrogen and oxygen atoms in total. The SMILES string of the molecule is CC1(C)CCN(c2cccc(F)c2)CC1N. The monoisotopic (exact) mass is 222 g/mol. The molecule has 1 aromatic carbocycles. The molecule has 1 aliphatic heterocycles. The van der Waals surface area contributed by atoms with E-state index in [2.05, 4.69) is 18.7 Å². The number of nitrogens with zero attached hydrogens (tertiary/aromatic N) is 1. The van der Waals surface area contributed by atoms with Gasteiger partial charge in [0.05, 0.1) is 0 Å². The number of piperidine rings is 1. The van der Waals surface area contributed by atoms with E-state index in [0.29, 0.717) is 0 Å². The summed E-state index contributed by atoms with van der Waals surface area (Å²) < 4.78 is 13.1. The zero-order chi connectivity index (χ0) is 11.8. The largest absolute Gasteiger partial charge is 0.370 e. The molecule has 0 aliphatic carbocycles. The number of benzene rings is 1. The molecule has 1 fully saturated rings. The van der Waals surface area contributed by atoms with E-state index in [0.717, 1.165) is 25.2 Å². The van der Waals surface area contributed by atoms with Crippen LogP contribution >= 0.6 is 0 Å². The Kier molecular flexibility index (Phi) is 2.89. The van der Waals surface area contributed by atoms with Crippen molar-refractivity contribution in [3.05, 3.63) is 30.1 Å². The van der Waals surface area contributed by atoms with Crippen LogP contribution in [0.5, 0.6) is 0 Å². The maximum absolute atomic E-state index is 13.1. The van der Waals surface area contributed by atoms with Crippen LogP contribution in [0.4, 0.5) is 10.1 Å². The third-order valence-corrected chi connectivity index (χ3v) is 3.62. The van der Waals surface area contributed by atoms with Crippen molar-refractivity contribution in [1.82, 2.24) is 0 Å². The topological polar surface area (TPSA) is 29.3 Å². The molecule has 0 amide bonds. The predicted molar refractivity (Wildman–Crippen MR) is 65.0 cm³/mol. The van der Waals surface area contributed by atoms with Gasteiger partial charge in [0.15, 0.2) is 0 Å². The van der Waals surface area contributed by atoms with E-state index in [1.165, 1.54) is 6.07 Å². The van der Waals surface area contributed by atoms with Crippen LogP contribution in [0.3, 0.4) is 0 Å². The maximum atomic E-state index is 13.1.